The highest BCUT2D eigenvalue weighted by Gasteiger charge is 2.06. The van der Waals surface area contributed by atoms with Gasteiger partial charge in [-0.1, -0.05) is 38.1 Å². The molecule has 0 fully saturated rings. The van der Waals surface area contributed by atoms with Gasteiger partial charge in [0.2, 0.25) is 0 Å². The van der Waals surface area contributed by atoms with E-state index in [1.165, 1.54) is 11.1 Å². The molecule has 3 heteroatoms. The topological polar surface area (TPSA) is 55.1 Å². The third kappa shape index (κ3) is 4.35. The predicted molar refractivity (Wildman–Crippen MR) is 87.4 cm³/mol. The van der Waals surface area contributed by atoms with Gasteiger partial charge in [-0.15, -0.1) is 0 Å². The Morgan fingerprint density at radius 2 is 1.67 bits per heavy atom. The summed E-state index contributed by atoms with van der Waals surface area (Å²) < 4.78 is 0. The molecule has 0 aliphatic heterocycles. The van der Waals surface area contributed by atoms with E-state index in [0.29, 0.717) is 18.0 Å². The molecule has 3 nitrogen and oxygen atoms in total. The summed E-state index contributed by atoms with van der Waals surface area (Å²) in [5, 5.41) is 2.94. The Morgan fingerprint density at radius 1 is 1.05 bits per heavy atom. The van der Waals surface area contributed by atoms with Crippen molar-refractivity contribution in [2.45, 2.75) is 26.2 Å². The number of anilines is 1. The normalized spacial score (nSPS) is 10.6. The first-order valence-electron chi connectivity index (χ1n) is 7.29. The molecular weight excluding hydrogens is 260 g/mol. The molecule has 2 rings (SSSR count). The second-order valence-corrected chi connectivity index (χ2v) is 5.52. The molecular formula is C18H22N2O. The number of hydrogen-bond donors (Lipinski definition) is 2. The Morgan fingerprint density at radius 3 is 2.24 bits per heavy atom. The minimum atomic E-state index is -0.0271. The zero-order valence-corrected chi connectivity index (χ0v) is 12.6. The molecule has 110 valence electrons. The van der Waals surface area contributed by atoms with Gasteiger partial charge in [0.05, 0.1) is 0 Å². The lowest BCUT2D eigenvalue weighted by atomic mass is 10.0. The summed E-state index contributed by atoms with van der Waals surface area (Å²) in [6.45, 7) is 4.90. The summed E-state index contributed by atoms with van der Waals surface area (Å²) in [5.74, 6) is 0.452. The molecule has 0 bridgehead atoms. The highest BCUT2D eigenvalue weighted by molar-refractivity contribution is 5.94. The lowest BCUT2D eigenvalue weighted by Crippen LogP contribution is -2.25. The predicted octanol–water partition coefficient (Wildman–Crippen LogP) is 3.36. The van der Waals surface area contributed by atoms with E-state index >= 15 is 0 Å². The molecule has 2 aromatic rings. The zero-order chi connectivity index (χ0) is 15.2. The zero-order valence-electron chi connectivity index (χ0n) is 12.6. The van der Waals surface area contributed by atoms with Gasteiger partial charge < -0.3 is 11.1 Å². The van der Waals surface area contributed by atoms with Crippen molar-refractivity contribution >= 4 is 11.6 Å². The molecule has 1 amide bonds. The van der Waals surface area contributed by atoms with E-state index in [4.69, 9.17) is 5.73 Å². The minimum absolute atomic E-state index is 0.0271. The van der Waals surface area contributed by atoms with Gasteiger partial charge in [-0.3, -0.25) is 4.79 Å². The van der Waals surface area contributed by atoms with Crippen LogP contribution >= 0.6 is 0 Å². The molecule has 3 N–H and O–H groups in total. The van der Waals surface area contributed by atoms with Gasteiger partial charge >= 0.3 is 0 Å². The van der Waals surface area contributed by atoms with Crippen LogP contribution in [-0.4, -0.2) is 12.5 Å². The van der Waals surface area contributed by atoms with Crippen LogP contribution in [0.3, 0.4) is 0 Å². The van der Waals surface area contributed by atoms with Crippen molar-refractivity contribution in [3.63, 3.8) is 0 Å². The van der Waals surface area contributed by atoms with Crippen molar-refractivity contribution in [2.75, 3.05) is 12.3 Å². The van der Waals surface area contributed by atoms with E-state index in [-0.39, 0.29) is 5.91 Å². The maximum Gasteiger partial charge on any atom is 0.251 e. The van der Waals surface area contributed by atoms with E-state index in [9.17, 15) is 4.79 Å². The molecule has 21 heavy (non-hydrogen) atoms. The second-order valence-electron chi connectivity index (χ2n) is 5.52. The standard InChI is InChI=1S/C18H22N2O/c1-13(2)15-5-7-16(8-6-15)18(21)20-12-11-14-3-9-17(19)10-4-14/h3-10,13H,11-12,19H2,1-2H3,(H,20,21). The van der Waals surface area contributed by atoms with Crippen LogP contribution in [0.4, 0.5) is 5.69 Å². The Balaban J connectivity index is 1.85. The first-order chi connectivity index (χ1) is 10.1. The summed E-state index contributed by atoms with van der Waals surface area (Å²) in [7, 11) is 0. The minimum Gasteiger partial charge on any atom is -0.399 e. The van der Waals surface area contributed by atoms with E-state index in [0.717, 1.165) is 12.1 Å². The third-order valence-electron chi connectivity index (χ3n) is 3.52. The van der Waals surface area contributed by atoms with Crippen LogP contribution < -0.4 is 11.1 Å². The molecule has 0 aliphatic carbocycles. The summed E-state index contributed by atoms with van der Waals surface area (Å²) in [5.41, 5.74) is 9.52. The molecule has 0 aromatic heterocycles. The van der Waals surface area contributed by atoms with Crippen LogP contribution in [0.25, 0.3) is 0 Å². The number of nitrogen functional groups attached to an aromatic ring is 1. The van der Waals surface area contributed by atoms with Crippen molar-refractivity contribution in [1.29, 1.82) is 0 Å². The van der Waals surface area contributed by atoms with E-state index in [2.05, 4.69) is 19.2 Å². The molecule has 0 unspecified atom stereocenters. The van der Waals surface area contributed by atoms with E-state index < -0.39 is 0 Å². The molecule has 0 radical (unpaired) electrons. The SMILES string of the molecule is CC(C)c1ccc(C(=O)NCCc2ccc(N)cc2)cc1. The highest BCUT2D eigenvalue weighted by Crippen LogP contribution is 2.14. The Labute approximate surface area is 126 Å². The molecule has 2 aromatic carbocycles. The van der Waals surface area contributed by atoms with Crippen LogP contribution in [0, 0.1) is 0 Å². The number of nitrogens with one attached hydrogen (secondary N) is 1. The molecule has 0 spiro atoms. The number of hydrogen-bond acceptors (Lipinski definition) is 2. The second kappa shape index (κ2) is 6.93. The first-order valence-corrected chi connectivity index (χ1v) is 7.29. The van der Waals surface area contributed by atoms with Crippen LogP contribution in [0.1, 0.15) is 41.3 Å². The number of amides is 1. The lowest BCUT2D eigenvalue weighted by Gasteiger charge is -2.08. The monoisotopic (exact) mass is 282 g/mol. The maximum atomic E-state index is 12.0. The van der Waals surface area contributed by atoms with E-state index in [1.807, 2.05) is 48.5 Å². The maximum absolute atomic E-state index is 12.0. The number of carbonyl (C=O) groups is 1. The third-order valence-corrected chi connectivity index (χ3v) is 3.52. The van der Waals surface area contributed by atoms with Crippen molar-refractivity contribution in [1.82, 2.24) is 5.32 Å². The average molecular weight is 282 g/mol. The number of carbonyl (C=O) groups excluding carboxylic acids is 1. The molecule has 0 atom stereocenters. The average Bonchev–Trinajstić information content (AvgIpc) is 2.49. The smallest absolute Gasteiger partial charge is 0.251 e. The molecule has 0 saturated heterocycles. The molecule has 0 saturated carbocycles. The molecule has 0 aliphatic rings. The van der Waals surface area contributed by atoms with Gasteiger partial charge in [-0.05, 0) is 47.7 Å². The fraction of sp³-hybridized carbons (Fsp3) is 0.278. The Kier molecular flexibility index (Phi) is 4.99. The fourth-order valence-corrected chi connectivity index (χ4v) is 2.13. The summed E-state index contributed by atoms with van der Waals surface area (Å²) in [4.78, 5) is 12.0. The van der Waals surface area contributed by atoms with Gasteiger partial charge in [-0.2, -0.15) is 0 Å². The first kappa shape index (κ1) is 15.1. The van der Waals surface area contributed by atoms with E-state index in [1.54, 1.807) is 0 Å². The van der Waals surface area contributed by atoms with Gasteiger partial charge in [0.1, 0.15) is 0 Å². The van der Waals surface area contributed by atoms with Crippen LogP contribution in [0.5, 0.6) is 0 Å². The largest absolute Gasteiger partial charge is 0.399 e. The van der Waals surface area contributed by atoms with Crippen molar-refractivity contribution < 1.29 is 4.79 Å². The summed E-state index contributed by atoms with van der Waals surface area (Å²) in [6, 6.07) is 15.5. The van der Waals surface area contributed by atoms with Crippen LogP contribution in [-0.2, 0) is 6.42 Å². The summed E-state index contributed by atoms with van der Waals surface area (Å²) in [6.07, 6.45) is 0.802. The van der Waals surface area contributed by atoms with Gasteiger partial charge in [-0.25, -0.2) is 0 Å². The molecule has 0 heterocycles. The number of rotatable bonds is 5. The summed E-state index contributed by atoms with van der Waals surface area (Å²) >= 11 is 0. The van der Waals surface area contributed by atoms with Gasteiger partial charge in [0, 0.05) is 17.8 Å². The number of nitrogens with two attached hydrogens (primary N) is 1. The number of benzene rings is 2. The van der Waals surface area contributed by atoms with Crippen LogP contribution in [0.15, 0.2) is 48.5 Å². The van der Waals surface area contributed by atoms with Crippen molar-refractivity contribution in [2.24, 2.45) is 0 Å². The Hall–Kier alpha value is -2.29. The highest BCUT2D eigenvalue weighted by atomic mass is 16.1. The Bertz CT molecular complexity index is 586. The van der Waals surface area contributed by atoms with Gasteiger partial charge in [0.25, 0.3) is 5.91 Å². The quantitative estimate of drug-likeness (QED) is 0.826. The van der Waals surface area contributed by atoms with Gasteiger partial charge in [0.15, 0.2) is 0 Å². The van der Waals surface area contributed by atoms with Crippen LogP contribution in [0.2, 0.25) is 0 Å². The fourth-order valence-electron chi connectivity index (χ4n) is 2.13. The van der Waals surface area contributed by atoms with Crippen molar-refractivity contribution in [3.05, 3.63) is 65.2 Å². The van der Waals surface area contributed by atoms with Crippen molar-refractivity contribution in [3.8, 4) is 0 Å². The lowest BCUT2D eigenvalue weighted by molar-refractivity contribution is 0.0954.